The number of nitrogens with zero attached hydrogens (tertiary/aromatic N) is 1. The lowest BCUT2D eigenvalue weighted by Crippen LogP contribution is -2.32. The average molecular weight is 533 g/mol. The van der Waals surface area contributed by atoms with Gasteiger partial charge in [-0.25, -0.2) is 0 Å². The van der Waals surface area contributed by atoms with Crippen LogP contribution in [0.2, 0.25) is 0 Å². The van der Waals surface area contributed by atoms with Crippen LogP contribution < -0.4 is 10.1 Å². The molecule has 0 unspecified atom stereocenters. The lowest BCUT2D eigenvalue weighted by atomic mass is 10.0. The van der Waals surface area contributed by atoms with Gasteiger partial charge in [0.2, 0.25) is 0 Å². The van der Waals surface area contributed by atoms with Gasteiger partial charge in [-0.2, -0.15) is 0 Å². The van der Waals surface area contributed by atoms with E-state index in [2.05, 4.69) is 10.3 Å². The van der Waals surface area contributed by atoms with E-state index in [1.807, 2.05) is 109 Å². The molecule has 1 amide bonds. The molecule has 0 aliphatic carbocycles. The number of esters is 1. The number of ether oxygens (including phenoxy) is 3. The Kier molecular flexibility index (Phi) is 8.76. The molecule has 0 saturated heterocycles. The van der Waals surface area contributed by atoms with E-state index in [1.54, 1.807) is 6.20 Å². The Morgan fingerprint density at radius 1 is 0.700 bits per heavy atom. The maximum absolute atomic E-state index is 13.2. The van der Waals surface area contributed by atoms with Gasteiger partial charge >= 0.3 is 5.97 Å². The van der Waals surface area contributed by atoms with Crippen LogP contribution in [-0.2, 0) is 34.1 Å². The van der Waals surface area contributed by atoms with Gasteiger partial charge in [0.15, 0.2) is 0 Å². The van der Waals surface area contributed by atoms with Gasteiger partial charge in [-0.05, 0) is 46.8 Å². The molecule has 0 aliphatic heterocycles. The summed E-state index contributed by atoms with van der Waals surface area (Å²) in [6.45, 7) is 0.346. The maximum Gasteiger partial charge on any atom is 0.325 e. The highest BCUT2D eigenvalue weighted by molar-refractivity contribution is 6.00. The molecule has 4 aromatic carbocycles. The molecule has 7 heteroatoms. The lowest BCUT2D eigenvalue weighted by Gasteiger charge is -2.14. The number of nitrogens with one attached hydrogen (secondary N) is 1. The SMILES string of the molecule is O=C(CNC(=O)c1ncc2ccc(Oc3ccccc3)cc2c1COCc1ccccc1)OCc1ccccc1. The molecule has 0 radical (unpaired) electrons. The Morgan fingerprint density at radius 3 is 2.05 bits per heavy atom. The van der Waals surface area contributed by atoms with E-state index in [4.69, 9.17) is 14.2 Å². The molecule has 1 N–H and O–H groups in total. The second-order valence-electron chi connectivity index (χ2n) is 9.06. The predicted molar refractivity (Wildman–Crippen MR) is 152 cm³/mol. The fourth-order valence-electron chi connectivity index (χ4n) is 4.15. The first-order valence-electron chi connectivity index (χ1n) is 12.9. The summed E-state index contributed by atoms with van der Waals surface area (Å²) in [7, 11) is 0. The van der Waals surface area contributed by atoms with Crippen molar-refractivity contribution in [1.82, 2.24) is 10.3 Å². The van der Waals surface area contributed by atoms with E-state index < -0.39 is 11.9 Å². The summed E-state index contributed by atoms with van der Waals surface area (Å²) in [5.41, 5.74) is 2.65. The third-order valence-corrected chi connectivity index (χ3v) is 6.16. The molecule has 7 nitrogen and oxygen atoms in total. The number of rotatable bonds is 11. The highest BCUT2D eigenvalue weighted by Crippen LogP contribution is 2.29. The number of aromatic nitrogens is 1. The number of hydrogen-bond acceptors (Lipinski definition) is 6. The summed E-state index contributed by atoms with van der Waals surface area (Å²) in [6, 6.07) is 34.2. The maximum atomic E-state index is 13.2. The summed E-state index contributed by atoms with van der Waals surface area (Å²) in [4.78, 5) is 30.0. The minimum atomic E-state index is -0.543. The molecule has 0 fully saturated rings. The van der Waals surface area contributed by atoms with Crippen molar-refractivity contribution in [2.75, 3.05) is 6.54 Å². The van der Waals surface area contributed by atoms with Crippen LogP contribution in [0.25, 0.3) is 10.8 Å². The second kappa shape index (κ2) is 13.2. The Balaban J connectivity index is 1.35. The largest absolute Gasteiger partial charge is 0.460 e. The van der Waals surface area contributed by atoms with Crippen molar-refractivity contribution in [1.29, 1.82) is 0 Å². The quantitative estimate of drug-likeness (QED) is 0.203. The molecule has 0 aliphatic rings. The van der Waals surface area contributed by atoms with Crippen LogP contribution in [0.4, 0.5) is 0 Å². The first kappa shape index (κ1) is 26.6. The first-order valence-corrected chi connectivity index (χ1v) is 12.9. The van der Waals surface area contributed by atoms with Crippen molar-refractivity contribution in [3.63, 3.8) is 0 Å². The van der Waals surface area contributed by atoms with Crippen LogP contribution in [0.1, 0.15) is 27.2 Å². The number of fused-ring (bicyclic) bond motifs is 1. The normalized spacial score (nSPS) is 10.7. The summed E-state index contributed by atoms with van der Waals surface area (Å²) in [5, 5.41) is 4.24. The summed E-state index contributed by atoms with van der Waals surface area (Å²) in [5.74, 6) is 0.277. The molecule has 5 rings (SSSR count). The first-order chi connectivity index (χ1) is 19.7. The molecule has 1 heterocycles. The van der Waals surface area contributed by atoms with E-state index in [1.165, 1.54) is 0 Å². The second-order valence-corrected chi connectivity index (χ2v) is 9.06. The molecule has 40 heavy (non-hydrogen) atoms. The molecule has 0 saturated carbocycles. The molecule has 0 bridgehead atoms. The molecule has 5 aromatic rings. The number of para-hydroxylation sites is 1. The van der Waals surface area contributed by atoms with Crippen LogP contribution in [0.15, 0.2) is 115 Å². The Hall–Kier alpha value is -5.01. The van der Waals surface area contributed by atoms with E-state index in [0.717, 1.165) is 21.9 Å². The molecular weight excluding hydrogens is 504 g/mol. The average Bonchev–Trinajstić information content (AvgIpc) is 3.00. The number of benzene rings is 4. The van der Waals surface area contributed by atoms with Crippen molar-refractivity contribution in [3.8, 4) is 11.5 Å². The third kappa shape index (κ3) is 7.09. The smallest absolute Gasteiger partial charge is 0.325 e. The highest BCUT2D eigenvalue weighted by atomic mass is 16.5. The van der Waals surface area contributed by atoms with E-state index in [0.29, 0.717) is 23.7 Å². The lowest BCUT2D eigenvalue weighted by molar-refractivity contribution is -0.143. The third-order valence-electron chi connectivity index (χ3n) is 6.16. The van der Waals surface area contributed by atoms with Crippen LogP contribution in [0.5, 0.6) is 11.5 Å². The highest BCUT2D eigenvalue weighted by Gasteiger charge is 2.18. The fourth-order valence-corrected chi connectivity index (χ4v) is 4.15. The van der Waals surface area contributed by atoms with Crippen molar-refractivity contribution in [2.24, 2.45) is 0 Å². The van der Waals surface area contributed by atoms with Crippen molar-refractivity contribution in [2.45, 2.75) is 19.8 Å². The van der Waals surface area contributed by atoms with Gasteiger partial charge in [-0.15, -0.1) is 0 Å². The van der Waals surface area contributed by atoms with E-state index in [-0.39, 0.29) is 25.5 Å². The van der Waals surface area contributed by atoms with Gasteiger partial charge in [0.25, 0.3) is 5.91 Å². The van der Waals surface area contributed by atoms with Gasteiger partial charge in [-0.3, -0.25) is 14.6 Å². The molecule has 0 spiro atoms. The van der Waals surface area contributed by atoms with E-state index >= 15 is 0 Å². The van der Waals surface area contributed by atoms with Crippen LogP contribution in [0, 0.1) is 0 Å². The predicted octanol–water partition coefficient (Wildman–Crippen LogP) is 6.22. The minimum absolute atomic E-state index is 0.131. The zero-order chi connectivity index (χ0) is 27.6. The number of carbonyl (C=O) groups excluding carboxylic acids is 2. The molecule has 200 valence electrons. The number of amides is 1. The van der Waals surface area contributed by atoms with E-state index in [9.17, 15) is 9.59 Å². The number of hydrogen-bond donors (Lipinski definition) is 1. The summed E-state index contributed by atoms with van der Waals surface area (Å²) >= 11 is 0. The zero-order valence-electron chi connectivity index (χ0n) is 21.8. The monoisotopic (exact) mass is 532 g/mol. The van der Waals surface area contributed by atoms with Crippen LogP contribution in [-0.4, -0.2) is 23.4 Å². The Bertz CT molecular complexity index is 1570. The van der Waals surface area contributed by atoms with Crippen molar-refractivity contribution < 1.29 is 23.8 Å². The van der Waals surface area contributed by atoms with Gasteiger partial charge in [0.05, 0.1) is 13.2 Å². The van der Waals surface area contributed by atoms with Crippen LogP contribution >= 0.6 is 0 Å². The van der Waals surface area contributed by atoms with Gasteiger partial charge in [0.1, 0.15) is 30.3 Å². The Labute approximate surface area is 232 Å². The van der Waals surface area contributed by atoms with Crippen molar-refractivity contribution >= 4 is 22.6 Å². The zero-order valence-corrected chi connectivity index (χ0v) is 21.8. The van der Waals surface area contributed by atoms with Gasteiger partial charge < -0.3 is 19.5 Å². The number of pyridine rings is 1. The summed E-state index contributed by atoms with van der Waals surface area (Å²) in [6.07, 6.45) is 1.63. The number of carbonyl (C=O) groups is 2. The fraction of sp³-hybridized carbons (Fsp3) is 0.121. The Morgan fingerprint density at radius 2 is 1.35 bits per heavy atom. The molecule has 1 aromatic heterocycles. The standard InChI is InChI=1S/C33H28N2O5/c36-31(39-22-25-12-6-2-7-13-25)20-35-33(37)32-30(23-38-21-24-10-4-1-5-11-24)29-18-28(17-16-26(29)19-34-32)40-27-14-8-3-9-15-27/h1-19H,20-23H2,(H,35,37). The van der Waals surface area contributed by atoms with Crippen molar-refractivity contribution in [3.05, 3.63) is 138 Å². The van der Waals surface area contributed by atoms with Gasteiger partial charge in [0, 0.05) is 17.1 Å². The minimum Gasteiger partial charge on any atom is -0.460 e. The molecular formula is C33H28N2O5. The topological polar surface area (TPSA) is 86.8 Å². The summed E-state index contributed by atoms with van der Waals surface area (Å²) < 4.78 is 17.3. The molecule has 0 atom stereocenters. The van der Waals surface area contributed by atoms with Gasteiger partial charge in [-0.1, -0.05) is 78.9 Å². The van der Waals surface area contributed by atoms with Crippen LogP contribution in [0.3, 0.4) is 0 Å².